The van der Waals surface area contributed by atoms with Gasteiger partial charge in [0.05, 0.1) is 0 Å². The van der Waals surface area contributed by atoms with E-state index in [1.165, 1.54) is 6.92 Å². The van der Waals surface area contributed by atoms with Gasteiger partial charge in [-0.15, -0.1) is 11.3 Å². The highest BCUT2D eigenvalue weighted by Gasteiger charge is 2.23. The average Bonchev–Trinajstić information content (AvgIpc) is 2.98. The second-order valence-corrected chi connectivity index (χ2v) is 6.83. The minimum Gasteiger partial charge on any atom is -0.475 e. The summed E-state index contributed by atoms with van der Waals surface area (Å²) >= 11 is 1.55. The van der Waals surface area contributed by atoms with Crippen LogP contribution in [0.5, 0.6) is 0 Å². The first-order valence-corrected chi connectivity index (χ1v) is 8.12. The van der Waals surface area contributed by atoms with Crippen LogP contribution in [0.25, 0.3) is 0 Å². The Kier molecular flexibility index (Phi) is 4.26. The minimum atomic E-state index is -3.76. The van der Waals surface area contributed by atoms with Crippen molar-refractivity contribution >= 4 is 27.3 Å². The number of carbonyl (C=O) groups is 1. The lowest BCUT2D eigenvalue weighted by Crippen LogP contribution is -2.26. The summed E-state index contributed by atoms with van der Waals surface area (Å²) in [5, 5.41) is 10.7. The van der Waals surface area contributed by atoms with Crippen LogP contribution in [0.3, 0.4) is 0 Å². The highest BCUT2D eigenvalue weighted by Crippen LogP contribution is 2.20. The van der Waals surface area contributed by atoms with E-state index in [0.717, 1.165) is 10.9 Å². The van der Waals surface area contributed by atoms with Crippen molar-refractivity contribution in [2.45, 2.75) is 18.2 Å². The van der Waals surface area contributed by atoms with Crippen molar-refractivity contribution < 1.29 is 22.7 Å². The van der Waals surface area contributed by atoms with Crippen molar-refractivity contribution in [2.24, 2.45) is 0 Å². The summed E-state index contributed by atoms with van der Waals surface area (Å²) < 4.78 is 31.4. The number of nitrogens with one attached hydrogen (secondary N) is 1. The number of rotatable bonds is 6. The molecule has 0 saturated carbocycles. The molecule has 2 rings (SSSR count). The lowest BCUT2D eigenvalue weighted by atomic mass is 10.3. The van der Waals surface area contributed by atoms with E-state index in [1.54, 1.807) is 11.3 Å². The van der Waals surface area contributed by atoms with Crippen LogP contribution >= 0.6 is 11.3 Å². The standard InChI is InChI=1S/C12H13NO5S2/c1-8-11(7-10(18-8)12(14)15)20(16,17)13-5-4-9-3-2-6-19-9/h2-3,6-7,13H,4-5H2,1H3,(H,14,15). The normalized spacial score (nSPS) is 11.7. The zero-order valence-corrected chi connectivity index (χ0v) is 12.3. The summed E-state index contributed by atoms with van der Waals surface area (Å²) in [4.78, 5) is 11.7. The number of aryl methyl sites for hydroxylation is 1. The van der Waals surface area contributed by atoms with Gasteiger partial charge in [0.2, 0.25) is 15.8 Å². The number of sulfonamides is 1. The Bertz CT molecular complexity index is 700. The Morgan fingerprint density at radius 1 is 1.50 bits per heavy atom. The van der Waals surface area contributed by atoms with Crippen molar-refractivity contribution in [1.82, 2.24) is 4.72 Å². The monoisotopic (exact) mass is 315 g/mol. The fourth-order valence-corrected chi connectivity index (χ4v) is 3.60. The highest BCUT2D eigenvalue weighted by molar-refractivity contribution is 7.89. The Balaban J connectivity index is 2.08. The molecule has 0 unspecified atom stereocenters. The zero-order chi connectivity index (χ0) is 14.8. The first-order chi connectivity index (χ1) is 9.40. The van der Waals surface area contributed by atoms with Crippen LogP contribution in [0.1, 0.15) is 21.2 Å². The van der Waals surface area contributed by atoms with E-state index in [2.05, 4.69) is 4.72 Å². The van der Waals surface area contributed by atoms with Crippen molar-refractivity contribution in [3.8, 4) is 0 Å². The van der Waals surface area contributed by atoms with E-state index in [0.29, 0.717) is 6.42 Å². The smallest absolute Gasteiger partial charge is 0.371 e. The first kappa shape index (κ1) is 14.8. The lowest BCUT2D eigenvalue weighted by Gasteiger charge is -2.04. The van der Waals surface area contributed by atoms with Crippen LogP contribution in [-0.4, -0.2) is 26.0 Å². The third-order valence-electron chi connectivity index (χ3n) is 2.62. The molecule has 0 aliphatic carbocycles. The fraction of sp³-hybridized carbons (Fsp3) is 0.250. The van der Waals surface area contributed by atoms with Crippen molar-refractivity contribution in [3.05, 3.63) is 40.0 Å². The van der Waals surface area contributed by atoms with Gasteiger partial charge < -0.3 is 9.52 Å². The van der Waals surface area contributed by atoms with E-state index >= 15 is 0 Å². The molecule has 20 heavy (non-hydrogen) atoms. The lowest BCUT2D eigenvalue weighted by molar-refractivity contribution is 0.0661. The van der Waals surface area contributed by atoms with E-state index in [-0.39, 0.29) is 23.0 Å². The number of furan rings is 1. The highest BCUT2D eigenvalue weighted by atomic mass is 32.2. The topological polar surface area (TPSA) is 96.6 Å². The van der Waals surface area contributed by atoms with Gasteiger partial charge >= 0.3 is 5.97 Å². The maximum atomic E-state index is 12.1. The molecule has 0 aliphatic rings. The molecular formula is C12H13NO5S2. The molecule has 2 aromatic rings. The van der Waals surface area contributed by atoms with E-state index < -0.39 is 16.0 Å². The van der Waals surface area contributed by atoms with Gasteiger partial charge in [0.25, 0.3) is 0 Å². The summed E-state index contributed by atoms with van der Waals surface area (Å²) in [6.07, 6.45) is 0.583. The van der Waals surface area contributed by atoms with Gasteiger partial charge in [0.15, 0.2) is 0 Å². The number of aromatic carboxylic acids is 1. The summed E-state index contributed by atoms with van der Waals surface area (Å²) in [7, 11) is -3.76. The van der Waals surface area contributed by atoms with Crippen molar-refractivity contribution in [2.75, 3.05) is 6.54 Å². The largest absolute Gasteiger partial charge is 0.475 e. The van der Waals surface area contributed by atoms with Crippen molar-refractivity contribution in [3.63, 3.8) is 0 Å². The molecule has 0 radical (unpaired) electrons. The summed E-state index contributed by atoms with van der Waals surface area (Å²) in [5.74, 6) is -1.62. The number of hydrogen-bond acceptors (Lipinski definition) is 5. The van der Waals surface area contributed by atoms with Crippen LogP contribution in [0.15, 0.2) is 32.9 Å². The molecule has 0 saturated heterocycles. The molecule has 0 aliphatic heterocycles. The van der Waals surface area contributed by atoms with E-state index in [1.807, 2.05) is 17.5 Å². The summed E-state index contributed by atoms with van der Waals surface area (Å²) in [5.41, 5.74) is 0. The third-order valence-corrected chi connectivity index (χ3v) is 5.12. The Labute approximate surface area is 120 Å². The van der Waals surface area contributed by atoms with Crippen LogP contribution in [0.2, 0.25) is 0 Å². The van der Waals surface area contributed by atoms with Gasteiger partial charge in [-0.2, -0.15) is 0 Å². The Morgan fingerprint density at radius 3 is 2.80 bits per heavy atom. The van der Waals surface area contributed by atoms with Crippen LogP contribution in [0.4, 0.5) is 0 Å². The maximum absolute atomic E-state index is 12.1. The minimum absolute atomic E-state index is 0.0611. The average molecular weight is 315 g/mol. The van der Waals surface area contributed by atoms with Crippen LogP contribution < -0.4 is 4.72 Å². The molecule has 8 heteroatoms. The third kappa shape index (κ3) is 3.27. The fourth-order valence-electron chi connectivity index (χ4n) is 1.68. The summed E-state index contributed by atoms with van der Waals surface area (Å²) in [6, 6.07) is 4.84. The molecule has 6 nitrogen and oxygen atoms in total. The molecule has 2 N–H and O–H groups in total. The molecule has 0 bridgehead atoms. The predicted octanol–water partition coefficient (Wildman–Crippen LogP) is 1.87. The number of carboxylic acids is 1. The molecule has 108 valence electrons. The first-order valence-electron chi connectivity index (χ1n) is 5.76. The molecule has 0 fully saturated rings. The van der Waals surface area contributed by atoms with Gasteiger partial charge in [0, 0.05) is 17.5 Å². The van der Waals surface area contributed by atoms with Gasteiger partial charge in [-0.3, -0.25) is 0 Å². The molecule has 0 atom stereocenters. The number of carboxylic acid groups (broad SMARTS) is 1. The van der Waals surface area contributed by atoms with E-state index in [4.69, 9.17) is 9.52 Å². The van der Waals surface area contributed by atoms with Crippen LogP contribution in [-0.2, 0) is 16.4 Å². The molecular weight excluding hydrogens is 302 g/mol. The number of hydrogen-bond donors (Lipinski definition) is 2. The zero-order valence-electron chi connectivity index (χ0n) is 10.6. The Morgan fingerprint density at radius 2 is 2.25 bits per heavy atom. The number of thiophene rings is 1. The second kappa shape index (κ2) is 5.78. The van der Waals surface area contributed by atoms with Crippen molar-refractivity contribution in [1.29, 1.82) is 0 Å². The molecule has 2 heterocycles. The maximum Gasteiger partial charge on any atom is 0.371 e. The SMILES string of the molecule is Cc1oc(C(=O)O)cc1S(=O)(=O)NCCc1cccs1. The quantitative estimate of drug-likeness (QED) is 0.848. The predicted molar refractivity (Wildman–Crippen MR) is 73.6 cm³/mol. The molecule has 0 spiro atoms. The molecule has 0 amide bonds. The van der Waals surface area contributed by atoms with Gasteiger partial charge in [0.1, 0.15) is 10.7 Å². The summed E-state index contributed by atoms with van der Waals surface area (Å²) in [6.45, 7) is 1.66. The van der Waals surface area contributed by atoms with E-state index in [9.17, 15) is 13.2 Å². The Hall–Kier alpha value is -1.64. The second-order valence-electron chi connectivity index (χ2n) is 4.06. The molecule has 0 aromatic carbocycles. The van der Waals surface area contributed by atoms with Crippen LogP contribution in [0, 0.1) is 6.92 Å². The molecule has 2 aromatic heterocycles. The van der Waals surface area contributed by atoms with Gasteiger partial charge in [-0.05, 0) is 24.8 Å². The van der Waals surface area contributed by atoms with Gasteiger partial charge in [-0.1, -0.05) is 6.07 Å². The van der Waals surface area contributed by atoms with Gasteiger partial charge in [-0.25, -0.2) is 17.9 Å².